The Hall–Kier alpha value is -3.71. The molecule has 4 rings (SSSR count). The molecule has 34 heavy (non-hydrogen) atoms. The fourth-order valence-corrected chi connectivity index (χ4v) is 4.45. The second-order valence-corrected chi connectivity index (χ2v) is 8.62. The normalized spacial score (nSPS) is 13.5. The highest BCUT2D eigenvalue weighted by molar-refractivity contribution is 7.80. The number of amides is 2. The van der Waals surface area contributed by atoms with Gasteiger partial charge in [-0.2, -0.15) is 0 Å². The molecule has 0 saturated carbocycles. The first-order chi connectivity index (χ1) is 16.5. The Bertz CT molecular complexity index is 1110. The van der Waals surface area contributed by atoms with Crippen molar-refractivity contribution in [2.45, 2.75) is 12.8 Å². The fraction of sp³-hybridized carbons (Fsp3) is 0.222. The van der Waals surface area contributed by atoms with Crippen LogP contribution in [0.2, 0.25) is 0 Å². The van der Waals surface area contributed by atoms with Gasteiger partial charge in [-0.25, -0.2) is 0 Å². The SMILES string of the molecule is CC(=O)N1CCN(c2ccccc2NC(=S)NC(=O)C(c2ccccc2)c2ccccc2)CC1. The number of piperazine rings is 1. The van der Waals surface area contributed by atoms with Gasteiger partial charge in [0.25, 0.3) is 0 Å². The van der Waals surface area contributed by atoms with E-state index in [1.54, 1.807) is 6.92 Å². The Morgan fingerprint density at radius 1 is 0.794 bits per heavy atom. The van der Waals surface area contributed by atoms with E-state index in [4.69, 9.17) is 12.2 Å². The van der Waals surface area contributed by atoms with Gasteiger partial charge in [0.1, 0.15) is 0 Å². The second-order valence-electron chi connectivity index (χ2n) is 8.21. The summed E-state index contributed by atoms with van der Waals surface area (Å²) in [5, 5.41) is 6.34. The summed E-state index contributed by atoms with van der Waals surface area (Å²) in [5.41, 5.74) is 3.61. The lowest BCUT2D eigenvalue weighted by atomic mass is 9.90. The molecule has 1 saturated heterocycles. The van der Waals surface area contributed by atoms with E-state index in [0.29, 0.717) is 13.1 Å². The molecule has 7 heteroatoms. The van der Waals surface area contributed by atoms with Crippen molar-refractivity contribution in [1.29, 1.82) is 0 Å². The highest BCUT2D eigenvalue weighted by Gasteiger charge is 2.24. The third-order valence-corrected chi connectivity index (χ3v) is 6.19. The molecule has 174 valence electrons. The minimum Gasteiger partial charge on any atom is -0.366 e. The average Bonchev–Trinajstić information content (AvgIpc) is 2.86. The molecule has 6 nitrogen and oxygen atoms in total. The van der Waals surface area contributed by atoms with E-state index >= 15 is 0 Å². The van der Waals surface area contributed by atoms with Gasteiger partial charge in [-0.1, -0.05) is 72.8 Å². The van der Waals surface area contributed by atoms with Gasteiger partial charge in [0.2, 0.25) is 11.8 Å². The van der Waals surface area contributed by atoms with Crippen LogP contribution in [0.4, 0.5) is 11.4 Å². The summed E-state index contributed by atoms with van der Waals surface area (Å²) in [6.07, 6.45) is 0. The first-order valence-corrected chi connectivity index (χ1v) is 11.7. The number of benzene rings is 3. The van der Waals surface area contributed by atoms with E-state index in [2.05, 4.69) is 15.5 Å². The molecule has 0 aliphatic carbocycles. The van der Waals surface area contributed by atoms with Crippen molar-refractivity contribution in [3.8, 4) is 0 Å². The van der Waals surface area contributed by atoms with Crippen molar-refractivity contribution in [2.75, 3.05) is 36.4 Å². The minimum absolute atomic E-state index is 0.0985. The highest BCUT2D eigenvalue weighted by Crippen LogP contribution is 2.28. The van der Waals surface area contributed by atoms with Crippen LogP contribution in [0.25, 0.3) is 0 Å². The van der Waals surface area contributed by atoms with Gasteiger partial charge < -0.3 is 20.4 Å². The molecule has 0 atom stereocenters. The van der Waals surface area contributed by atoms with E-state index in [1.807, 2.05) is 89.8 Å². The maximum absolute atomic E-state index is 13.3. The van der Waals surface area contributed by atoms with Gasteiger partial charge in [0.05, 0.1) is 17.3 Å². The number of thiocarbonyl (C=S) groups is 1. The zero-order chi connectivity index (χ0) is 23.9. The second kappa shape index (κ2) is 10.9. The number of nitrogens with one attached hydrogen (secondary N) is 2. The van der Waals surface area contributed by atoms with E-state index < -0.39 is 5.92 Å². The Morgan fingerprint density at radius 2 is 1.32 bits per heavy atom. The zero-order valence-corrected chi connectivity index (χ0v) is 19.9. The summed E-state index contributed by atoms with van der Waals surface area (Å²) in [6, 6.07) is 27.2. The maximum Gasteiger partial charge on any atom is 0.238 e. The molecule has 1 fully saturated rings. The molecule has 0 unspecified atom stereocenters. The number of nitrogens with zero attached hydrogens (tertiary/aromatic N) is 2. The highest BCUT2D eigenvalue weighted by atomic mass is 32.1. The molecule has 0 radical (unpaired) electrons. The third-order valence-electron chi connectivity index (χ3n) is 5.98. The molecule has 2 amide bonds. The Balaban J connectivity index is 1.47. The minimum atomic E-state index is -0.475. The summed E-state index contributed by atoms with van der Waals surface area (Å²) in [7, 11) is 0. The van der Waals surface area contributed by atoms with Crippen LogP contribution >= 0.6 is 12.2 Å². The quantitative estimate of drug-likeness (QED) is 0.550. The Kier molecular flexibility index (Phi) is 7.54. The van der Waals surface area contributed by atoms with E-state index in [1.165, 1.54) is 0 Å². The maximum atomic E-state index is 13.3. The predicted octanol–water partition coefficient (Wildman–Crippen LogP) is 4.00. The van der Waals surface area contributed by atoms with Gasteiger partial charge in [0.15, 0.2) is 5.11 Å². The van der Waals surface area contributed by atoms with Gasteiger partial charge >= 0.3 is 0 Å². The molecule has 1 heterocycles. The van der Waals surface area contributed by atoms with Gasteiger partial charge in [-0.05, 0) is 35.5 Å². The number of anilines is 2. The Morgan fingerprint density at radius 3 is 1.88 bits per heavy atom. The van der Waals surface area contributed by atoms with E-state index in [9.17, 15) is 9.59 Å². The number of carbonyl (C=O) groups is 2. The van der Waals surface area contributed by atoms with Crippen LogP contribution in [0.15, 0.2) is 84.9 Å². The number of para-hydroxylation sites is 2. The number of rotatable bonds is 5. The topological polar surface area (TPSA) is 64.7 Å². The largest absolute Gasteiger partial charge is 0.366 e. The van der Waals surface area contributed by atoms with E-state index in [0.717, 1.165) is 35.6 Å². The fourth-order valence-electron chi connectivity index (χ4n) is 4.24. The van der Waals surface area contributed by atoms with Crippen LogP contribution in [0, 0.1) is 0 Å². The molecule has 2 N–H and O–H groups in total. The van der Waals surface area contributed by atoms with Crippen LogP contribution in [-0.4, -0.2) is 48.0 Å². The molecule has 1 aliphatic heterocycles. The standard InChI is InChI=1S/C27H28N4O2S/c1-20(32)30-16-18-31(19-17-30)24-15-9-8-14-23(24)28-27(34)29-26(33)25(21-10-4-2-5-11-21)22-12-6-3-7-13-22/h2-15,25H,16-19H2,1H3,(H2,28,29,33,34). The molecule has 1 aliphatic rings. The predicted molar refractivity (Wildman–Crippen MR) is 140 cm³/mol. The van der Waals surface area contributed by atoms with Crippen molar-refractivity contribution >= 4 is 40.5 Å². The number of hydrogen-bond donors (Lipinski definition) is 2. The number of carbonyl (C=O) groups excluding carboxylic acids is 2. The summed E-state index contributed by atoms with van der Waals surface area (Å²) < 4.78 is 0. The van der Waals surface area contributed by atoms with Crippen molar-refractivity contribution in [3.05, 3.63) is 96.1 Å². The number of hydrogen-bond acceptors (Lipinski definition) is 4. The van der Waals surface area contributed by atoms with Crippen molar-refractivity contribution in [2.24, 2.45) is 0 Å². The lowest BCUT2D eigenvalue weighted by Crippen LogP contribution is -2.48. The summed E-state index contributed by atoms with van der Waals surface area (Å²) in [6.45, 7) is 4.44. The summed E-state index contributed by atoms with van der Waals surface area (Å²) >= 11 is 5.53. The van der Waals surface area contributed by atoms with Crippen LogP contribution in [0.5, 0.6) is 0 Å². The van der Waals surface area contributed by atoms with Crippen LogP contribution in [0.1, 0.15) is 24.0 Å². The van der Waals surface area contributed by atoms with E-state index in [-0.39, 0.29) is 16.9 Å². The van der Waals surface area contributed by atoms with Crippen molar-refractivity contribution in [3.63, 3.8) is 0 Å². The summed E-state index contributed by atoms with van der Waals surface area (Å²) in [4.78, 5) is 29.1. The zero-order valence-electron chi connectivity index (χ0n) is 19.1. The third kappa shape index (κ3) is 5.61. The molecular formula is C27H28N4O2S. The monoisotopic (exact) mass is 472 g/mol. The van der Waals surface area contributed by atoms with Crippen LogP contribution in [0.3, 0.4) is 0 Å². The lowest BCUT2D eigenvalue weighted by Gasteiger charge is -2.36. The van der Waals surface area contributed by atoms with Crippen LogP contribution in [-0.2, 0) is 9.59 Å². The van der Waals surface area contributed by atoms with Crippen molar-refractivity contribution in [1.82, 2.24) is 10.2 Å². The molecule has 3 aromatic carbocycles. The van der Waals surface area contributed by atoms with Gasteiger partial charge in [-0.15, -0.1) is 0 Å². The molecule has 0 aromatic heterocycles. The summed E-state index contributed by atoms with van der Waals surface area (Å²) in [5.74, 6) is -0.569. The first kappa shape index (κ1) is 23.4. The molecule has 3 aromatic rings. The molecular weight excluding hydrogens is 444 g/mol. The van der Waals surface area contributed by atoms with Crippen LogP contribution < -0.4 is 15.5 Å². The van der Waals surface area contributed by atoms with Gasteiger partial charge in [-0.3, -0.25) is 9.59 Å². The molecule has 0 bridgehead atoms. The average molecular weight is 473 g/mol. The smallest absolute Gasteiger partial charge is 0.238 e. The van der Waals surface area contributed by atoms with Gasteiger partial charge in [0, 0.05) is 33.1 Å². The first-order valence-electron chi connectivity index (χ1n) is 11.3. The van der Waals surface area contributed by atoms with Crippen molar-refractivity contribution < 1.29 is 9.59 Å². The Labute approximate surface area is 205 Å². The lowest BCUT2D eigenvalue weighted by molar-refractivity contribution is -0.129. The molecule has 0 spiro atoms.